The van der Waals surface area contributed by atoms with E-state index in [2.05, 4.69) is 30.3 Å². The summed E-state index contributed by atoms with van der Waals surface area (Å²) < 4.78 is 48.8. The number of ether oxygens (including phenoxy) is 1. The number of rotatable bonds is 8. The summed E-state index contributed by atoms with van der Waals surface area (Å²) in [6, 6.07) is 2.29. The van der Waals surface area contributed by atoms with E-state index in [0.717, 1.165) is 24.2 Å². The number of para-hydroxylation sites is 1. The van der Waals surface area contributed by atoms with Gasteiger partial charge in [0, 0.05) is 23.9 Å². The van der Waals surface area contributed by atoms with Crippen LogP contribution in [0.15, 0.2) is 41.9 Å². The van der Waals surface area contributed by atoms with E-state index in [1.54, 1.807) is 11.4 Å². The summed E-state index contributed by atoms with van der Waals surface area (Å²) in [6.45, 7) is 1.76. The summed E-state index contributed by atoms with van der Waals surface area (Å²) in [7, 11) is -3.91. The molecule has 0 spiro atoms. The Labute approximate surface area is 304 Å². The number of hydrogen-bond donors (Lipinski definition) is 3. The lowest BCUT2D eigenvalue weighted by Gasteiger charge is -2.29. The lowest BCUT2D eigenvalue weighted by molar-refractivity contribution is -0.141. The van der Waals surface area contributed by atoms with Crippen molar-refractivity contribution in [3.05, 3.63) is 58.4 Å². The second kappa shape index (κ2) is 14.5. The van der Waals surface area contributed by atoms with Gasteiger partial charge in [0.25, 0.3) is 11.8 Å². The van der Waals surface area contributed by atoms with Gasteiger partial charge in [-0.05, 0) is 57.1 Å². The maximum absolute atomic E-state index is 14.7. The number of amides is 4. The molecule has 3 N–H and O–H groups in total. The van der Waals surface area contributed by atoms with Gasteiger partial charge < -0.3 is 20.3 Å². The molecule has 2 aliphatic carbocycles. The highest BCUT2D eigenvalue weighted by Gasteiger charge is 2.62. The van der Waals surface area contributed by atoms with E-state index in [9.17, 15) is 32.0 Å². The molecule has 1 saturated heterocycles. The highest BCUT2D eigenvalue weighted by Crippen LogP contribution is 2.46. The molecular weight excluding hydrogens is 714 g/mol. The van der Waals surface area contributed by atoms with E-state index in [1.807, 2.05) is 19.1 Å². The van der Waals surface area contributed by atoms with Gasteiger partial charge in [0.1, 0.15) is 34.9 Å². The summed E-state index contributed by atoms with van der Waals surface area (Å²) in [6.07, 6.45) is 9.08. The van der Waals surface area contributed by atoms with E-state index in [4.69, 9.17) is 4.74 Å². The average molecular weight is 754 g/mol. The number of nitrogens with zero attached hydrogens (tertiary/aromatic N) is 4. The number of sulfonamides is 1. The molecule has 3 aromatic rings. The first-order valence-electron chi connectivity index (χ1n) is 17.7. The predicted molar refractivity (Wildman–Crippen MR) is 188 cm³/mol. The molecule has 2 aromatic heterocycles. The van der Waals surface area contributed by atoms with Crippen molar-refractivity contribution in [1.29, 1.82) is 0 Å². The quantitative estimate of drug-likeness (QED) is 0.289. The molecule has 5 atom stereocenters. The molecule has 17 heteroatoms. The number of hydrogen-bond acceptors (Lipinski definition) is 11. The van der Waals surface area contributed by atoms with Crippen LogP contribution < -0.4 is 20.1 Å². The van der Waals surface area contributed by atoms with Crippen molar-refractivity contribution in [3.63, 3.8) is 0 Å². The Kier molecular flexibility index (Phi) is 9.99. The molecule has 4 aliphatic rings. The number of benzene rings is 1. The van der Waals surface area contributed by atoms with Crippen molar-refractivity contribution in [3.8, 4) is 5.88 Å². The Morgan fingerprint density at radius 3 is 2.73 bits per heavy atom. The summed E-state index contributed by atoms with van der Waals surface area (Å²) in [5.74, 6) is -3.47. The van der Waals surface area contributed by atoms with Crippen molar-refractivity contribution >= 4 is 56.0 Å². The molecule has 3 fully saturated rings. The van der Waals surface area contributed by atoms with E-state index < -0.39 is 74.4 Å². The number of aryl methyl sites for hydroxylation is 1. The van der Waals surface area contributed by atoms with Crippen LogP contribution in [0.25, 0.3) is 11.0 Å². The first kappa shape index (κ1) is 35.9. The average Bonchev–Trinajstić information content (AvgIpc) is 3.98. The monoisotopic (exact) mass is 753 g/mol. The van der Waals surface area contributed by atoms with Gasteiger partial charge in [0.15, 0.2) is 10.8 Å². The Bertz CT molecular complexity index is 2020. The minimum atomic E-state index is -3.91. The van der Waals surface area contributed by atoms with Gasteiger partial charge in [-0.15, -0.1) is 11.3 Å². The molecule has 1 aromatic carbocycles. The van der Waals surface area contributed by atoms with Crippen LogP contribution in [0, 0.1) is 11.7 Å². The summed E-state index contributed by atoms with van der Waals surface area (Å²) in [4.78, 5) is 69.9. The van der Waals surface area contributed by atoms with Crippen molar-refractivity contribution in [1.82, 2.24) is 35.2 Å². The summed E-state index contributed by atoms with van der Waals surface area (Å²) in [5, 5.41) is 6.86. The molecule has 276 valence electrons. The third-order valence-corrected chi connectivity index (χ3v) is 12.7. The lowest BCUT2D eigenvalue weighted by Crippen LogP contribution is -2.58. The summed E-state index contributed by atoms with van der Waals surface area (Å²) >= 11 is 1.13. The number of fused-ring (bicyclic) bond motifs is 3. The minimum absolute atomic E-state index is 0.0169. The van der Waals surface area contributed by atoms with Crippen LogP contribution in [-0.4, -0.2) is 87.4 Å². The largest absolute Gasteiger partial charge is 0.471 e. The molecule has 2 aliphatic heterocycles. The topological polar surface area (TPSA) is 190 Å². The predicted octanol–water partition coefficient (Wildman–Crippen LogP) is 2.94. The first-order chi connectivity index (χ1) is 25.0. The number of halogens is 1. The third kappa shape index (κ3) is 7.38. The Morgan fingerprint density at radius 2 is 1.98 bits per heavy atom. The molecule has 0 radical (unpaired) electrons. The maximum Gasteiger partial charge on any atom is 0.280 e. The van der Waals surface area contributed by atoms with Gasteiger partial charge in [0.2, 0.25) is 27.7 Å². The SMILES string of the molecule is CCc1nc2cccc(F)c2nc1O[C@@H]1C[C@H]2C(=O)N[C@]3(C(=O)NS(=O)(=O)C4CC4)C[C@H]3C=CCCCCC[C@H](NC(=O)c3nccs3)C(=O)N2C1. The van der Waals surface area contributed by atoms with Crippen molar-refractivity contribution in [2.75, 3.05) is 6.54 Å². The van der Waals surface area contributed by atoms with Crippen molar-refractivity contribution in [2.24, 2.45) is 5.92 Å². The fraction of sp³-hybridized carbons (Fsp3) is 0.514. The van der Waals surface area contributed by atoms with Crippen LogP contribution >= 0.6 is 11.3 Å². The standard InChI is InChI=1S/C35H40FN7O7S2/c1-2-24-31(40-28-23(36)10-8-12-25(28)38-24)50-21-17-27-29(44)41-35(34(47)42-52(48,49)22-13-14-22)18-20(35)9-6-4-3-5-7-11-26(33(46)43(27)19-21)39-30(45)32-37-15-16-51-32/h6,8-10,12,15-16,20-22,26-27H,2-5,7,11,13-14,17-19H2,1H3,(H,39,45)(H,41,44)(H,42,47)/t20-,21-,26+,27+,35-/m1/s1. The lowest BCUT2D eigenvalue weighted by atomic mass is 10.0. The second-order valence-electron chi connectivity index (χ2n) is 13.8. The maximum atomic E-state index is 14.7. The van der Waals surface area contributed by atoms with Crippen LogP contribution in [0.2, 0.25) is 0 Å². The Balaban J connectivity index is 1.20. The molecule has 0 bridgehead atoms. The second-order valence-corrected chi connectivity index (χ2v) is 16.7. The Hall–Kier alpha value is -4.51. The van der Waals surface area contributed by atoms with Crippen LogP contribution in [0.5, 0.6) is 5.88 Å². The van der Waals surface area contributed by atoms with Crippen LogP contribution in [0.4, 0.5) is 4.39 Å². The van der Waals surface area contributed by atoms with E-state index in [-0.39, 0.29) is 35.8 Å². The van der Waals surface area contributed by atoms with E-state index >= 15 is 0 Å². The van der Waals surface area contributed by atoms with Gasteiger partial charge in [0.05, 0.1) is 17.3 Å². The number of allylic oxidation sites excluding steroid dienone is 1. The molecule has 52 heavy (non-hydrogen) atoms. The molecule has 14 nitrogen and oxygen atoms in total. The van der Waals surface area contributed by atoms with E-state index in [0.29, 0.717) is 49.7 Å². The zero-order valence-electron chi connectivity index (χ0n) is 28.5. The third-order valence-electron chi connectivity index (χ3n) is 10.1. The smallest absolute Gasteiger partial charge is 0.280 e. The molecule has 7 rings (SSSR count). The fourth-order valence-corrected chi connectivity index (χ4v) is 8.85. The van der Waals surface area contributed by atoms with Crippen molar-refractivity contribution in [2.45, 2.75) is 100 Å². The van der Waals surface area contributed by atoms with Gasteiger partial charge in [-0.2, -0.15) is 0 Å². The van der Waals surface area contributed by atoms with E-state index in [1.165, 1.54) is 23.2 Å². The normalized spacial score (nSPS) is 26.8. The molecular formula is C35H40FN7O7S2. The zero-order chi connectivity index (χ0) is 36.6. The highest BCUT2D eigenvalue weighted by atomic mass is 32.2. The summed E-state index contributed by atoms with van der Waals surface area (Å²) in [5.41, 5.74) is -0.689. The fourth-order valence-electron chi connectivity index (χ4n) is 6.95. The first-order valence-corrected chi connectivity index (χ1v) is 20.1. The Morgan fingerprint density at radius 1 is 1.15 bits per heavy atom. The number of carbonyl (C=O) groups excluding carboxylic acids is 4. The molecule has 4 heterocycles. The van der Waals surface area contributed by atoms with Gasteiger partial charge in [-0.3, -0.25) is 23.9 Å². The van der Waals surface area contributed by atoms with Gasteiger partial charge in [-0.1, -0.05) is 38.0 Å². The minimum Gasteiger partial charge on any atom is -0.471 e. The zero-order valence-corrected chi connectivity index (χ0v) is 30.2. The number of aromatic nitrogens is 3. The van der Waals surface area contributed by atoms with Gasteiger partial charge in [-0.25, -0.2) is 27.8 Å². The van der Waals surface area contributed by atoms with Crippen LogP contribution in [0.1, 0.15) is 80.2 Å². The number of nitrogens with one attached hydrogen (secondary N) is 3. The van der Waals surface area contributed by atoms with Gasteiger partial charge >= 0.3 is 0 Å². The van der Waals surface area contributed by atoms with Crippen molar-refractivity contribution < 1.29 is 36.7 Å². The van der Waals surface area contributed by atoms with Crippen LogP contribution in [0.3, 0.4) is 0 Å². The van der Waals surface area contributed by atoms with Crippen LogP contribution in [-0.2, 0) is 30.8 Å². The number of thiazole rings is 1. The molecule has 2 saturated carbocycles. The molecule has 0 unspecified atom stereocenters. The number of carbonyl (C=O) groups is 4. The molecule has 4 amide bonds. The highest BCUT2D eigenvalue weighted by molar-refractivity contribution is 7.91.